The molecule has 9 nitrogen and oxygen atoms in total. The highest BCUT2D eigenvalue weighted by Gasteiger charge is 2.17. The summed E-state index contributed by atoms with van der Waals surface area (Å²) in [4.78, 5) is 29.1. The van der Waals surface area contributed by atoms with Crippen molar-refractivity contribution in [3.05, 3.63) is 111 Å². The van der Waals surface area contributed by atoms with E-state index < -0.39 is 0 Å². The molecule has 36 heavy (non-hydrogen) atoms. The Labute approximate surface area is 213 Å². The Morgan fingerprint density at radius 2 is 1.83 bits per heavy atom. The van der Waals surface area contributed by atoms with Gasteiger partial charge in [-0.2, -0.15) is 5.10 Å². The van der Waals surface area contributed by atoms with Gasteiger partial charge in [0.05, 0.1) is 44.6 Å². The standard InChI is InChI=1S/C26H26ClN5O4/c1-35-17-23-21(26(34)29-12-20-11-24(36-2)22(27)13-28-20)16-32(30-23)15-19-8-6-18(7-9-19)14-31-10-4-3-5-25(31)33/h3-11,13,16H,12,14-15,17H2,1-2H3,(H,29,34). The second-order valence-electron chi connectivity index (χ2n) is 8.10. The van der Waals surface area contributed by atoms with Crippen molar-refractivity contribution in [2.75, 3.05) is 14.2 Å². The SMILES string of the molecule is COCc1nn(Cc2ccc(Cn3ccccc3=O)cc2)cc1C(=O)NCc1cc(OC)c(Cl)cn1. The summed E-state index contributed by atoms with van der Waals surface area (Å²) in [5.74, 6) is 0.207. The molecule has 0 aliphatic carbocycles. The predicted octanol–water partition coefficient (Wildman–Crippen LogP) is 3.27. The number of nitrogens with one attached hydrogen (secondary N) is 1. The number of amides is 1. The molecule has 4 aromatic rings. The fourth-order valence-corrected chi connectivity index (χ4v) is 3.86. The number of pyridine rings is 2. The van der Waals surface area contributed by atoms with Crippen LogP contribution in [0.25, 0.3) is 0 Å². The molecule has 3 heterocycles. The molecule has 0 radical (unpaired) electrons. The first-order valence-electron chi connectivity index (χ1n) is 11.2. The minimum absolute atomic E-state index is 0.0411. The summed E-state index contributed by atoms with van der Waals surface area (Å²) in [6, 6.07) is 14.7. The fraction of sp³-hybridized carbons (Fsp3) is 0.231. The van der Waals surface area contributed by atoms with Crippen molar-refractivity contribution >= 4 is 17.5 Å². The van der Waals surface area contributed by atoms with Crippen molar-refractivity contribution in [3.63, 3.8) is 0 Å². The Morgan fingerprint density at radius 3 is 2.53 bits per heavy atom. The molecule has 1 aromatic carbocycles. The highest BCUT2D eigenvalue weighted by atomic mass is 35.5. The molecule has 0 saturated heterocycles. The van der Waals surface area contributed by atoms with Gasteiger partial charge < -0.3 is 19.4 Å². The van der Waals surface area contributed by atoms with Crippen LogP contribution in [0.3, 0.4) is 0 Å². The van der Waals surface area contributed by atoms with E-state index in [2.05, 4.69) is 15.4 Å². The van der Waals surface area contributed by atoms with E-state index in [0.717, 1.165) is 11.1 Å². The van der Waals surface area contributed by atoms with E-state index in [1.54, 1.807) is 47.0 Å². The zero-order chi connectivity index (χ0) is 25.5. The van der Waals surface area contributed by atoms with Crippen molar-refractivity contribution in [1.29, 1.82) is 0 Å². The maximum absolute atomic E-state index is 12.9. The van der Waals surface area contributed by atoms with Gasteiger partial charge in [-0.15, -0.1) is 0 Å². The van der Waals surface area contributed by atoms with Gasteiger partial charge in [0.1, 0.15) is 16.5 Å². The fourth-order valence-electron chi connectivity index (χ4n) is 3.68. The molecule has 0 unspecified atom stereocenters. The number of ether oxygens (including phenoxy) is 2. The van der Waals surface area contributed by atoms with E-state index in [4.69, 9.17) is 21.1 Å². The van der Waals surface area contributed by atoms with Gasteiger partial charge in [-0.3, -0.25) is 19.3 Å². The van der Waals surface area contributed by atoms with E-state index in [0.29, 0.717) is 40.8 Å². The van der Waals surface area contributed by atoms with E-state index in [-0.39, 0.29) is 24.6 Å². The maximum Gasteiger partial charge on any atom is 0.255 e. The molecule has 1 amide bonds. The van der Waals surface area contributed by atoms with Crippen LogP contribution < -0.4 is 15.6 Å². The van der Waals surface area contributed by atoms with Crippen LogP contribution in [0, 0.1) is 0 Å². The van der Waals surface area contributed by atoms with Crippen LogP contribution in [-0.2, 0) is 31.0 Å². The van der Waals surface area contributed by atoms with Gasteiger partial charge >= 0.3 is 0 Å². The van der Waals surface area contributed by atoms with Crippen LogP contribution in [0.2, 0.25) is 5.02 Å². The van der Waals surface area contributed by atoms with Crippen molar-refractivity contribution in [1.82, 2.24) is 24.6 Å². The van der Waals surface area contributed by atoms with Crippen LogP contribution in [0.1, 0.15) is 32.9 Å². The third-order valence-electron chi connectivity index (χ3n) is 5.51. The number of nitrogens with zero attached hydrogens (tertiary/aromatic N) is 4. The maximum atomic E-state index is 12.9. The Balaban J connectivity index is 1.43. The second-order valence-corrected chi connectivity index (χ2v) is 8.50. The average Bonchev–Trinajstić information content (AvgIpc) is 3.28. The lowest BCUT2D eigenvalue weighted by Crippen LogP contribution is -2.24. The minimum Gasteiger partial charge on any atom is -0.495 e. The second kappa shape index (κ2) is 11.7. The number of benzene rings is 1. The molecule has 4 rings (SSSR count). The summed E-state index contributed by atoms with van der Waals surface area (Å²) in [5.41, 5.74) is 3.56. The molecular formula is C26H26ClN5O4. The Hall–Kier alpha value is -3.95. The third kappa shape index (κ3) is 6.18. The van der Waals surface area contributed by atoms with Gasteiger partial charge in [-0.25, -0.2) is 0 Å². The molecule has 0 atom stereocenters. The van der Waals surface area contributed by atoms with E-state index >= 15 is 0 Å². The van der Waals surface area contributed by atoms with Crippen molar-refractivity contribution < 1.29 is 14.3 Å². The Morgan fingerprint density at radius 1 is 1.08 bits per heavy atom. The van der Waals surface area contributed by atoms with Crippen LogP contribution in [-0.4, -0.2) is 39.5 Å². The van der Waals surface area contributed by atoms with Crippen LogP contribution in [0.4, 0.5) is 0 Å². The molecule has 0 bridgehead atoms. The lowest BCUT2D eigenvalue weighted by molar-refractivity contribution is 0.0945. The molecule has 0 spiro atoms. The van der Waals surface area contributed by atoms with Crippen LogP contribution in [0.5, 0.6) is 5.75 Å². The highest BCUT2D eigenvalue weighted by molar-refractivity contribution is 6.31. The molecular weight excluding hydrogens is 482 g/mol. The molecule has 10 heteroatoms. The number of rotatable bonds is 10. The van der Waals surface area contributed by atoms with Crippen molar-refractivity contribution in [3.8, 4) is 5.75 Å². The lowest BCUT2D eigenvalue weighted by Gasteiger charge is -2.07. The largest absolute Gasteiger partial charge is 0.495 e. The van der Waals surface area contributed by atoms with Gasteiger partial charge in [-0.1, -0.05) is 41.9 Å². The summed E-state index contributed by atoms with van der Waals surface area (Å²) in [6.07, 6.45) is 4.96. The number of aromatic nitrogens is 4. The molecule has 0 saturated carbocycles. The zero-order valence-electron chi connectivity index (χ0n) is 20.0. The zero-order valence-corrected chi connectivity index (χ0v) is 20.7. The number of methoxy groups -OCH3 is 2. The first kappa shape index (κ1) is 25.2. The summed E-state index contributed by atoms with van der Waals surface area (Å²) in [7, 11) is 3.08. The number of carbonyl (C=O) groups excluding carboxylic acids is 1. The van der Waals surface area contributed by atoms with Gasteiger partial charge in [-0.05, 0) is 17.2 Å². The predicted molar refractivity (Wildman–Crippen MR) is 135 cm³/mol. The third-order valence-corrected chi connectivity index (χ3v) is 5.79. The summed E-state index contributed by atoms with van der Waals surface area (Å²) in [5, 5.41) is 7.81. The average molecular weight is 508 g/mol. The van der Waals surface area contributed by atoms with E-state index in [9.17, 15) is 9.59 Å². The smallest absolute Gasteiger partial charge is 0.255 e. The van der Waals surface area contributed by atoms with Gasteiger partial charge in [0.15, 0.2) is 0 Å². The number of carbonyl (C=O) groups is 1. The van der Waals surface area contributed by atoms with Crippen LogP contribution in [0.15, 0.2) is 71.9 Å². The van der Waals surface area contributed by atoms with E-state index in [1.807, 2.05) is 30.3 Å². The monoisotopic (exact) mass is 507 g/mol. The summed E-state index contributed by atoms with van der Waals surface area (Å²) < 4.78 is 13.8. The topological polar surface area (TPSA) is 100 Å². The summed E-state index contributed by atoms with van der Waals surface area (Å²) in [6.45, 7) is 1.38. The quantitative estimate of drug-likeness (QED) is 0.353. The molecule has 0 aliphatic heterocycles. The van der Waals surface area contributed by atoms with Crippen LogP contribution >= 0.6 is 11.6 Å². The number of halogens is 1. The first-order valence-corrected chi connectivity index (χ1v) is 11.6. The van der Waals surface area contributed by atoms with Crippen molar-refractivity contribution in [2.45, 2.75) is 26.2 Å². The normalized spacial score (nSPS) is 10.9. The minimum atomic E-state index is -0.285. The molecule has 3 aromatic heterocycles. The molecule has 1 N–H and O–H groups in total. The van der Waals surface area contributed by atoms with E-state index in [1.165, 1.54) is 13.3 Å². The summed E-state index contributed by atoms with van der Waals surface area (Å²) >= 11 is 6.02. The lowest BCUT2D eigenvalue weighted by atomic mass is 10.1. The van der Waals surface area contributed by atoms with Gasteiger partial charge in [0.2, 0.25) is 0 Å². The molecule has 186 valence electrons. The van der Waals surface area contributed by atoms with Gasteiger partial charge in [0, 0.05) is 37.8 Å². The number of hydrogen-bond acceptors (Lipinski definition) is 6. The van der Waals surface area contributed by atoms with Crippen molar-refractivity contribution in [2.24, 2.45) is 0 Å². The number of hydrogen-bond donors (Lipinski definition) is 1. The Kier molecular flexibility index (Phi) is 8.14. The van der Waals surface area contributed by atoms with Gasteiger partial charge in [0.25, 0.3) is 11.5 Å². The molecule has 0 aliphatic rings. The highest BCUT2D eigenvalue weighted by Crippen LogP contribution is 2.23. The Bertz CT molecular complexity index is 1400. The first-order chi connectivity index (χ1) is 17.5. The molecule has 0 fully saturated rings.